The Kier molecular flexibility index (Phi) is 3.40. The molecule has 116 valence electrons. The molecule has 4 aliphatic rings. The van der Waals surface area contributed by atoms with Gasteiger partial charge in [0.15, 0.2) is 0 Å². The van der Waals surface area contributed by atoms with E-state index in [1.54, 1.807) is 0 Å². The van der Waals surface area contributed by atoms with Crippen molar-refractivity contribution in [3.8, 4) is 0 Å². The van der Waals surface area contributed by atoms with E-state index in [-0.39, 0.29) is 17.0 Å². The first kappa shape index (κ1) is 14.7. The van der Waals surface area contributed by atoms with Crippen molar-refractivity contribution in [3.63, 3.8) is 0 Å². The smallest absolute Gasteiger partial charge is 0.111 e. The zero-order valence-corrected chi connectivity index (χ0v) is 12.2. The Morgan fingerprint density at radius 1 is 1.00 bits per heavy atom. The van der Waals surface area contributed by atoms with Gasteiger partial charge in [0.05, 0.1) is 12.8 Å². The van der Waals surface area contributed by atoms with Gasteiger partial charge in [0.25, 0.3) is 0 Å². The van der Waals surface area contributed by atoms with Crippen LogP contribution < -0.4 is 0 Å². The zero-order chi connectivity index (χ0) is 14.7. The average Bonchev–Trinajstić information content (AvgIpc) is 2.32. The van der Waals surface area contributed by atoms with Gasteiger partial charge in [-0.25, -0.2) is 0 Å². The molecule has 3 atom stereocenters. The summed E-state index contributed by atoms with van der Waals surface area (Å²) < 4.78 is 0. The first-order valence-electron chi connectivity index (χ1n) is 7.40. The van der Waals surface area contributed by atoms with Gasteiger partial charge in [-0.15, -0.1) is 0 Å². The highest BCUT2D eigenvalue weighted by molar-refractivity contribution is 5.09. The summed E-state index contributed by atoms with van der Waals surface area (Å²) in [6.45, 7) is 7.70. The molecule has 20 heavy (non-hydrogen) atoms. The number of rotatable bonds is 4. The maximum Gasteiger partial charge on any atom is 0.111 e. The first-order chi connectivity index (χ1) is 9.27. The summed E-state index contributed by atoms with van der Waals surface area (Å²) in [4.78, 5) is 4.46. The van der Waals surface area contributed by atoms with Crippen molar-refractivity contribution in [2.75, 3.05) is 32.8 Å². The second kappa shape index (κ2) is 4.63. The van der Waals surface area contributed by atoms with E-state index >= 15 is 0 Å². The lowest BCUT2D eigenvalue weighted by atomic mass is 9.63. The number of nitrogens with zero attached hydrogens (tertiary/aromatic N) is 2. The third kappa shape index (κ3) is 2.19. The van der Waals surface area contributed by atoms with Gasteiger partial charge in [-0.2, -0.15) is 0 Å². The van der Waals surface area contributed by atoms with Gasteiger partial charge in [0, 0.05) is 26.2 Å². The van der Waals surface area contributed by atoms with E-state index in [0.29, 0.717) is 0 Å². The summed E-state index contributed by atoms with van der Waals surface area (Å²) >= 11 is 0. The average molecular weight is 286 g/mol. The molecule has 0 saturated carbocycles. The van der Waals surface area contributed by atoms with Crippen LogP contribution in [0.25, 0.3) is 0 Å². The van der Waals surface area contributed by atoms with Crippen LogP contribution in [0.4, 0.5) is 0 Å². The van der Waals surface area contributed by atoms with Gasteiger partial charge < -0.3 is 20.4 Å². The number of piperidine rings is 2. The number of aliphatic hydroxyl groups excluding tert-OH is 4. The van der Waals surface area contributed by atoms with Crippen molar-refractivity contribution in [3.05, 3.63) is 0 Å². The van der Waals surface area contributed by atoms with E-state index in [0.717, 1.165) is 26.2 Å². The normalized spacial score (nSPS) is 51.0. The molecule has 4 fully saturated rings. The van der Waals surface area contributed by atoms with Gasteiger partial charge in [0.1, 0.15) is 18.3 Å². The predicted octanol–water partition coefficient (Wildman–Crippen LogP) is -1.56. The molecule has 0 aromatic rings. The zero-order valence-electron chi connectivity index (χ0n) is 12.2. The van der Waals surface area contributed by atoms with Crippen molar-refractivity contribution in [1.29, 1.82) is 0 Å². The van der Waals surface area contributed by atoms with Crippen LogP contribution in [0.1, 0.15) is 20.3 Å². The molecule has 6 heteroatoms. The van der Waals surface area contributed by atoms with Crippen LogP contribution in [-0.4, -0.2) is 87.5 Å². The van der Waals surface area contributed by atoms with Gasteiger partial charge in [0.2, 0.25) is 0 Å². The maximum absolute atomic E-state index is 10.4. The minimum atomic E-state index is -1.32. The van der Waals surface area contributed by atoms with Crippen LogP contribution in [0.2, 0.25) is 0 Å². The molecule has 4 bridgehead atoms. The molecule has 0 unspecified atom stereocenters. The van der Waals surface area contributed by atoms with Crippen LogP contribution in [-0.2, 0) is 0 Å². The third-order valence-electron chi connectivity index (χ3n) is 5.18. The van der Waals surface area contributed by atoms with Crippen LogP contribution in [0.15, 0.2) is 0 Å². The third-order valence-corrected chi connectivity index (χ3v) is 5.18. The SMILES string of the molecule is CC12CN3CC(C)(CN(C1)C3[C@H](O)[C@@H](O)[C@H](O)CO)C2. The lowest BCUT2D eigenvalue weighted by Gasteiger charge is -2.67. The fourth-order valence-corrected chi connectivity index (χ4v) is 4.98. The topological polar surface area (TPSA) is 87.4 Å². The van der Waals surface area contributed by atoms with Crippen molar-refractivity contribution in [2.24, 2.45) is 10.8 Å². The van der Waals surface area contributed by atoms with Gasteiger partial charge in [-0.1, -0.05) is 13.8 Å². The Hall–Kier alpha value is -0.240. The molecule has 0 radical (unpaired) electrons. The lowest BCUT2D eigenvalue weighted by Crippen LogP contribution is -2.77. The second-order valence-electron chi connectivity index (χ2n) is 7.75. The summed E-state index contributed by atoms with van der Waals surface area (Å²) in [6, 6.07) is 0. The monoisotopic (exact) mass is 286 g/mol. The number of aliphatic hydroxyl groups is 4. The Bertz CT molecular complexity index is 355. The molecule has 0 spiro atoms. The van der Waals surface area contributed by atoms with Crippen molar-refractivity contribution < 1.29 is 20.4 Å². The minimum Gasteiger partial charge on any atom is -0.394 e. The Morgan fingerprint density at radius 3 is 1.85 bits per heavy atom. The molecule has 4 N–H and O–H groups in total. The van der Waals surface area contributed by atoms with Gasteiger partial charge in [-0.05, 0) is 17.3 Å². The van der Waals surface area contributed by atoms with Crippen molar-refractivity contribution in [2.45, 2.75) is 44.7 Å². The summed E-state index contributed by atoms with van der Waals surface area (Å²) in [7, 11) is 0. The Morgan fingerprint density at radius 2 is 1.45 bits per heavy atom. The fourth-order valence-electron chi connectivity index (χ4n) is 4.98. The summed E-state index contributed by atoms with van der Waals surface area (Å²) in [6.07, 6.45) is -2.73. The predicted molar refractivity (Wildman–Crippen MR) is 72.9 cm³/mol. The molecule has 6 nitrogen and oxygen atoms in total. The summed E-state index contributed by atoms with van der Waals surface area (Å²) in [5.74, 6) is 0. The molecule has 4 heterocycles. The molecular weight excluding hydrogens is 260 g/mol. The molecule has 0 aliphatic carbocycles. The van der Waals surface area contributed by atoms with Crippen LogP contribution in [0, 0.1) is 10.8 Å². The fraction of sp³-hybridized carbons (Fsp3) is 1.00. The van der Waals surface area contributed by atoms with Crippen molar-refractivity contribution >= 4 is 0 Å². The highest BCUT2D eigenvalue weighted by Gasteiger charge is 2.58. The standard InChI is InChI=1S/C14H26N2O4/c1-13-4-14(2)7-15(5-13)12(16(6-13)8-14)11(20)10(19)9(18)3-17/h9-12,17-20H,3-8H2,1-2H3/t9-,10+,11-,12?,13?,14?/m1/s1. The molecule has 4 aliphatic heterocycles. The highest BCUT2D eigenvalue weighted by atomic mass is 16.4. The van der Waals surface area contributed by atoms with E-state index in [9.17, 15) is 15.3 Å². The van der Waals surface area contributed by atoms with E-state index in [4.69, 9.17) is 5.11 Å². The van der Waals surface area contributed by atoms with Gasteiger partial charge >= 0.3 is 0 Å². The van der Waals surface area contributed by atoms with Crippen LogP contribution >= 0.6 is 0 Å². The van der Waals surface area contributed by atoms with Crippen LogP contribution in [0.3, 0.4) is 0 Å². The highest BCUT2D eigenvalue weighted by Crippen LogP contribution is 2.51. The summed E-state index contributed by atoms with van der Waals surface area (Å²) in [5, 5.41) is 38.9. The molecule has 0 aromatic heterocycles. The minimum absolute atomic E-state index is 0.252. The lowest BCUT2D eigenvalue weighted by molar-refractivity contribution is -0.235. The first-order valence-corrected chi connectivity index (χ1v) is 7.40. The molecule has 4 saturated heterocycles. The Labute approximate surface area is 119 Å². The molecular formula is C14H26N2O4. The number of hydrogen-bond donors (Lipinski definition) is 4. The largest absolute Gasteiger partial charge is 0.394 e. The summed E-state index contributed by atoms with van der Waals surface area (Å²) in [5.41, 5.74) is 0.504. The van der Waals surface area contributed by atoms with E-state index in [2.05, 4.69) is 23.6 Å². The van der Waals surface area contributed by atoms with Gasteiger partial charge in [-0.3, -0.25) is 9.80 Å². The molecule has 0 amide bonds. The molecule has 4 rings (SSSR count). The van der Waals surface area contributed by atoms with E-state index in [1.165, 1.54) is 6.42 Å². The molecule has 0 aromatic carbocycles. The van der Waals surface area contributed by atoms with Crippen molar-refractivity contribution in [1.82, 2.24) is 9.80 Å². The Balaban J connectivity index is 1.80. The second-order valence-corrected chi connectivity index (χ2v) is 7.75. The maximum atomic E-state index is 10.4. The van der Waals surface area contributed by atoms with E-state index < -0.39 is 24.9 Å². The van der Waals surface area contributed by atoms with E-state index in [1.807, 2.05) is 0 Å². The van der Waals surface area contributed by atoms with Crippen LogP contribution in [0.5, 0.6) is 0 Å². The quantitative estimate of drug-likeness (QED) is 0.500. The number of hydrogen-bond acceptors (Lipinski definition) is 6.